The number of aliphatic carboxylic acids is 3. The van der Waals surface area contributed by atoms with Crippen molar-refractivity contribution in [2.45, 2.75) is 100 Å². The minimum absolute atomic E-state index is 0.0148. The van der Waals surface area contributed by atoms with Gasteiger partial charge >= 0.3 is 17.9 Å². The highest BCUT2D eigenvalue weighted by Crippen LogP contribution is 2.09. The van der Waals surface area contributed by atoms with Gasteiger partial charge in [0.25, 0.3) is 0 Å². The Labute approximate surface area is 331 Å². The van der Waals surface area contributed by atoms with Crippen LogP contribution in [0, 0.1) is 0 Å². The lowest BCUT2D eigenvalue weighted by molar-refractivity contribution is -0.142. The maximum absolute atomic E-state index is 13.7. The summed E-state index contributed by atoms with van der Waals surface area (Å²) in [5.74, 6) is -10.2. The molecule has 0 saturated heterocycles. The van der Waals surface area contributed by atoms with Gasteiger partial charge in [0.05, 0.1) is 12.5 Å². The van der Waals surface area contributed by atoms with Gasteiger partial charge in [-0.05, 0) is 57.0 Å². The van der Waals surface area contributed by atoms with E-state index in [4.69, 9.17) is 39.5 Å². The highest BCUT2D eigenvalue weighted by molar-refractivity contribution is 7.98. The Morgan fingerprint density at radius 3 is 1.32 bits per heavy atom. The standard InChI is InChI=1S/C31H55N13O12S/c1-57-13-10-19(43-27(53)18(7-9-22(46)47)40-24(50)15(32)14-23(48)49)28(54)42-17(6-8-21(33)45)26(52)41-16(4-2-11-38-30(34)35)25(51)44-20(29(55)56)5-3-12-39-31(36)37/h15-20H,2-14,32H2,1H3,(H2,33,45)(H,40,50)(H,41,52)(H,42,54)(H,43,53)(H,44,51)(H,46,47)(H,48,49)(H,55,56)(H4,34,35,38)(H4,36,37,39)/t15-,16-,17-,18-,19-,20-/m0/s1. The number of hydrogen-bond acceptors (Lipinski definition) is 13. The van der Waals surface area contributed by atoms with Crippen LogP contribution in [0.3, 0.4) is 0 Å². The molecule has 0 aliphatic carbocycles. The molecule has 0 spiro atoms. The van der Waals surface area contributed by atoms with Crippen molar-refractivity contribution in [3.8, 4) is 0 Å². The topological polar surface area (TPSA) is 455 Å². The molecule has 26 heteroatoms. The van der Waals surface area contributed by atoms with Gasteiger partial charge in [-0.1, -0.05) is 0 Å². The minimum atomic E-state index is -1.59. The quantitative estimate of drug-likeness (QED) is 0.0182. The van der Waals surface area contributed by atoms with Crippen molar-refractivity contribution < 1.29 is 58.5 Å². The average Bonchev–Trinajstić information content (AvgIpc) is 3.11. The molecule has 6 atom stereocenters. The van der Waals surface area contributed by atoms with Crippen LogP contribution in [0.1, 0.15) is 64.2 Å². The zero-order chi connectivity index (χ0) is 43.7. The van der Waals surface area contributed by atoms with Gasteiger partial charge in [-0.3, -0.25) is 48.3 Å². The van der Waals surface area contributed by atoms with E-state index in [1.54, 1.807) is 6.26 Å². The van der Waals surface area contributed by atoms with Crippen molar-refractivity contribution in [1.29, 1.82) is 0 Å². The molecule has 57 heavy (non-hydrogen) atoms. The average molecular weight is 834 g/mol. The molecular formula is C31H55N13O12S. The Morgan fingerprint density at radius 1 is 0.544 bits per heavy atom. The van der Waals surface area contributed by atoms with E-state index >= 15 is 0 Å². The number of primary amides is 1. The lowest BCUT2D eigenvalue weighted by atomic mass is 10.0. The molecule has 0 heterocycles. The van der Waals surface area contributed by atoms with Gasteiger partial charge in [-0.2, -0.15) is 11.8 Å². The number of nitrogens with two attached hydrogens (primary N) is 6. The first-order valence-electron chi connectivity index (χ1n) is 17.5. The summed E-state index contributed by atoms with van der Waals surface area (Å²) in [6, 6.07) is -8.99. The van der Waals surface area contributed by atoms with E-state index in [1.807, 2.05) is 0 Å². The molecule has 25 nitrogen and oxygen atoms in total. The predicted molar refractivity (Wildman–Crippen MR) is 206 cm³/mol. The van der Waals surface area contributed by atoms with Crippen LogP contribution in [-0.4, -0.2) is 142 Å². The van der Waals surface area contributed by atoms with Crippen LogP contribution in [-0.2, 0) is 43.2 Å². The maximum atomic E-state index is 13.7. The van der Waals surface area contributed by atoms with Gasteiger partial charge in [0, 0.05) is 25.9 Å². The molecule has 0 bridgehead atoms. The van der Waals surface area contributed by atoms with Gasteiger partial charge in [-0.15, -0.1) is 0 Å². The van der Waals surface area contributed by atoms with Crippen molar-refractivity contribution in [2.24, 2.45) is 44.4 Å². The Bertz CT molecular complexity index is 1470. The molecule has 0 radical (unpaired) electrons. The summed E-state index contributed by atoms with van der Waals surface area (Å²) < 4.78 is 0. The lowest BCUT2D eigenvalue weighted by Crippen LogP contribution is -2.59. The lowest BCUT2D eigenvalue weighted by Gasteiger charge is -2.27. The number of carboxylic acids is 3. The van der Waals surface area contributed by atoms with E-state index in [9.17, 15) is 53.4 Å². The molecular weight excluding hydrogens is 778 g/mol. The molecule has 322 valence electrons. The molecule has 6 amide bonds. The van der Waals surface area contributed by atoms with Crippen LogP contribution in [0.5, 0.6) is 0 Å². The molecule has 20 N–H and O–H groups in total. The summed E-state index contributed by atoms with van der Waals surface area (Å²) in [5, 5.41) is 39.7. The predicted octanol–water partition coefficient (Wildman–Crippen LogP) is -5.71. The number of amides is 6. The van der Waals surface area contributed by atoms with Crippen LogP contribution >= 0.6 is 11.8 Å². The van der Waals surface area contributed by atoms with Crippen molar-refractivity contribution >= 4 is 77.0 Å². The number of hydrogen-bond donors (Lipinski definition) is 14. The van der Waals surface area contributed by atoms with E-state index < -0.39 is 115 Å². The number of thioether (sulfide) groups is 1. The first kappa shape index (κ1) is 51.1. The summed E-state index contributed by atoms with van der Waals surface area (Å²) in [4.78, 5) is 120. The Balaban J connectivity index is 6.39. The number of nitrogens with one attached hydrogen (secondary N) is 5. The molecule has 0 fully saturated rings. The first-order valence-corrected chi connectivity index (χ1v) is 18.9. The van der Waals surface area contributed by atoms with Gasteiger partial charge in [-0.25, -0.2) is 4.79 Å². The van der Waals surface area contributed by atoms with Crippen LogP contribution < -0.4 is 61.0 Å². The summed E-state index contributed by atoms with van der Waals surface area (Å²) in [6.07, 6.45) is -1.02. The fourth-order valence-electron chi connectivity index (χ4n) is 4.78. The van der Waals surface area contributed by atoms with E-state index in [1.165, 1.54) is 11.8 Å². The molecule has 0 aliphatic rings. The van der Waals surface area contributed by atoms with Crippen LogP contribution in [0.15, 0.2) is 9.98 Å². The number of carbonyl (C=O) groups is 9. The van der Waals surface area contributed by atoms with Crippen LogP contribution in [0.4, 0.5) is 0 Å². The number of nitrogens with zero attached hydrogens (tertiary/aromatic N) is 2. The van der Waals surface area contributed by atoms with Gasteiger partial charge < -0.3 is 76.3 Å². The molecule has 0 rings (SSSR count). The Kier molecular flexibility index (Phi) is 24.8. The zero-order valence-electron chi connectivity index (χ0n) is 31.4. The largest absolute Gasteiger partial charge is 0.481 e. The fourth-order valence-corrected chi connectivity index (χ4v) is 5.25. The normalized spacial score (nSPS) is 13.8. The summed E-state index contributed by atoms with van der Waals surface area (Å²) in [7, 11) is 0. The second-order valence-electron chi connectivity index (χ2n) is 12.5. The van der Waals surface area contributed by atoms with Gasteiger partial charge in [0.15, 0.2) is 11.9 Å². The Morgan fingerprint density at radius 2 is 0.930 bits per heavy atom. The summed E-state index contributed by atoms with van der Waals surface area (Å²) in [6.45, 7) is 0.0831. The molecule has 0 aliphatic heterocycles. The first-order chi connectivity index (χ1) is 26.7. The third kappa shape index (κ3) is 23.6. The second kappa shape index (κ2) is 27.6. The van der Waals surface area contributed by atoms with Crippen LogP contribution in [0.25, 0.3) is 0 Å². The monoisotopic (exact) mass is 833 g/mol. The van der Waals surface area contributed by atoms with Crippen molar-refractivity contribution in [3.63, 3.8) is 0 Å². The summed E-state index contributed by atoms with van der Waals surface area (Å²) >= 11 is 1.27. The van der Waals surface area contributed by atoms with Crippen molar-refractivity contribution in [2.75, 3.05) is 25.1 Å². The van der Waals surface area contributed by atoms with Gasteiger partial charge in [0.1, 0.15) is 30.2 Å². The van der Waals surface area contributed by atoms with E-state index in [-0.39, 0.29) is 69.3 Å². The number of rotatable bonds is 30. The molecule has 0 saturated carbocycles. The highest BCUT2D eigenvalue weighted by Gasteiger charge is 2.33. The van der Waals surface area contributed by atoms with Gasteiger partial charge in [0.2, 0.25) is 35.4 Å². The molecule has 0 aromatic carbocycles. The van der Waals surface area contributed by atoms with E-state index in [0.29, 0.717) is 0 Å². The summed E-state index contributed by atoms with van der Waals surface area (Å²) in [5.41, 5.74) is 32.2. The molecule has 0 aromatic rings. The zero-order valence-corrected chi connectivity index (χ0v) is 32.3. The maximum Gasteiger partial charge on any atom is 0.326 e. The van der Waals surface area contributed by atoms with Crippen molar-refractivity contribution in [3.05, 3.63) is 0 Å². The number of carbonyl (C=O) groups excluding carboxylic acids is 6. The smallest absolute Gasteiger partial charge is 0.326 e. The third-order valence-corrected chi connectivity index (χ3v) is 8.35. The van der Waals surface area contributed by atoms with Crippen LogP contribution in [0.2, 0.25) is 0 Å². The number of aliphatic imine (C=N–C) groups is 2. The minimum Gasteiger partial charge on any atom is -0.481 e. The number of guanidine groups is 2. The SMILES string of the molecule is CSCC[C@H](NC(=O)[C@H](CCC(=O)O)NC(=O)[C@@H](N)CC(=O)O)C(=O)N[C@@H](CCC(N)=O)C(=O)N[C@@H](CCCN=C(N)N)C(=O)N[C@@H](CCCN=C(N)N)C(=O)O. The molecule has 0 unspecified atom stereocenters. The number of carboxylic acid groups (broad SMARTS) is 3. The van der Waals surface area contributed by atoms with Crippen molar-refractivity contribution in [1.82, 2.24) is 26.6 Å². The van der Waals surface area contributed by atoms with E-state index in [0.717, 1.165) is 0 Å². The molecule has 0 aromatic heterocycles. The third-order valence-electron chi connectivity index (χ3n) is 7.71. The highest BCUT2D eigenvalue weighted by atomic mass is 32.2. The fraction of sp³-hybridized carbons (Fsp3) is 0.645. The second-order valence-corrected chi connectivity index (χ2v) is 13.5. The Hall–Kier alpha value is -5.92. The van der Waals surface area contributed by atoms with E-state index in [2.05, 4.69) is 36.6 Å².